The van der Waals surface area contributed by atoms with Crippen molar-refractivity contribution < 1.29 is 0 Å². The summed E-state index contributed by atoms with van der Waals surface area (Å²) in [6.07, 6.45) is 15.3. The lowest BCUT2D eigenvalue weighted by atomic mass is 9.90. The smallest absolute Gasteiger partial charge is 0.248 e. The minimum absolute atomic E-state index is 0.216. The zero-order chi connectivity index (χ0) is 19.6. The highest BCUT2D eigenvalue weighted by Gasteiger charge is 2.29. The van der Waals surface area contributed by atoms with E-state index in [1.54, 1.807) is 0 Å². The number of fused-ring (bicyclic) bond motifs is 1. The molecule has 152 valence electrons. The molecule has 3 aliphatic heterocycles. The zero-order valence-electron chi connectivity index (χ0n) is 16.9. The first-order valence-electron chi connectivity index (χ1n) is 10.7. The normalized spacial score (nSPS) is 26.9. The molecule has 29 heavy (non-hydrogen) atoms. The van der Waals surface area contributed by atoms with Gasteiger partial charge < -0.3 is 15.2 Å². The third-order valence-electron chi connectivity index (χ3n) is 6.03. The molecule has 8 heteroatoms. The number of anilines is 3. The number of nitrogens with zero attached hydrogens (tertiary/aromatic N) is 6. The SMILES string of the molecule is CC1=N[C@@H]2C=CC=C[C@@H]2C1=CNNc1nc(N2CCCC2)nc(N2CCCC2)n1. The average Bonchev–Trinajstić information content (AvgIpc) is 3.50. The Morgan fingerprint density at radius 2 is 1.52 bits per heavy atom. The van der Waals surface area contributed by atoms with Crippen molar-refractivity contribution in [2.45, 2.75) is 38.6 Å². The van der Waals surface area contributed by atoms with Crippen LogP contribution in [0.1, 0.15) is 32.6 Å². The second-order valence-electron chi connectivity index (χ2n) is 8.02. The average molecular weight is 393 g/mol. The van der Waals surface area contributed by atoms with Gasteiger partial charge in [-0.1, -0.05) is 24.3 Å². The number of aromatic nitrogens is 3. The number of allylic oxidation sites excluding steroid dienone is 2. The quantitative estimate of drug-likeness (QED) is 0.745. The lowest BCUT2D eigenvalue weighted by Gasteiger charge is -2.21. The van der Waals surface area contributed by atoms with E-state index in [1.807, 2.05) is 6.20 Å². The highest BCUT2D eigenvalue weighted by atomic mass is 15.4. The monoisotopic (exact) mass is 392 g/mol. The largest absolute Gasteiger partial charge is 0.341 e. The van der Waals surface area contributed by atoms with Crippen molar-refractivity contribution >= 4 is 23.6 Å². The summed E-state index contributed by atoms with van der Waals surface area (Å²) >= 11 is 0. The molecule has 5 rings (SSSR count). The van der Waals surface area contributed by atoms with Crippen molar-refractivity contribution in [3.63, 3.8) is 0 Å². The first-order chi connectivity index (χ1) is 14.3. The van der Waals surface area contributed by atoms with Gasteiger partial charge in [0.15, 0.2) is 0 Å². The molecular weight excluding hydrogens is 364 g/mol. The molecule has 4 aliphatic rings. The Morgan fingerprint density at radius 3 is 2.17 bits per heavy atom. The van der Waals surface area contributed by atoms with Crippen LogP contribution in [0.4, 0.5) is 17.8 Å². The van der Waals surface area contributed by atoms with Crippen LogP contribution in [-0.2, 0) is 0 Å². The molecule has 8 nitrogen and oxygen atoms in total. The van der Waals surface area contributed by atoms with E-state index in [2.05, 4.69) is 61.8 Å². The Morgan fingerprint density at radius 1 is 0.897 bits per heavy atom. The van der Waals surface area contributed by atoms with Crippen LogP contribution in [0.3, 0.4) is 0 Å². The molecule has 0 radical (unpaired) electrons. The first-order valence-corrected chi connectivity index (χ1v) is 10.7. The number of hydrogen-bond donors (Lipinski definition) is 2. The van der Waals surface area contributed by atoms with Crippen LogP contribution in [-0.4, -0.2) is 52.9 Å². The van der Waals surface area contributed by atoms with Gasteiger partial charge in [0.1, 0.15) is 0 Å². The van der Waals surface area contributed by atoms with E-state index in [-0.39, 0.29) is 6.04 Å². The fraction of sp³-hybridized carbons (Fsp3) is 0.524. The Hall–Kier alpha value is -2.90. The molecule has 0 saturated carbocycles. The van der Waals surface area contributed by atoms with E-state index in [9.17, 15) is 0 Å². The highest BCUT2D eigenvalue weighted by molar-refractivity contribution is 6.01. The van der Waals surface area contributed by atoms with Gasteiger partial charge in [0.05, 0.1) is 6.04 Å². The first kappa shape index (κ1) is 18.1. The van der Waals surface area contributed by atoms with Gasteiger partial charge in [-0.3, -0.25) is 10.4 Å². The molecule has 4 heterocycles. The van der Waals surface area contributed by atoms with Crippen molar-refractivity contribution in [2.24, 2.45) is 10.9 Å². The van der Waals surface area contributed by atoms with E-state index < -0.39 is 0 Å². The van der Waals surface area contributed by atoms with Crippen LogP contribution in [0, 0.1) is 5.92 Å². The Balaban J connectivity index is 1.34. The summed E-state index contributed by atoms with van der Waals surface area (Å²) in [5.74, 6) is 2.41. The van der Waals surface area contributed by atoms with Crippen LogP contribution >= 0.6 is 0 Å². The molecule has 2 fully saturated rings. The van der Waals surface area contributed by atoms with Crippen LogP contribution in [0.15, 0.2) is 41.1 Å². The van der Waals surface area contributed by atoms with Crippen molar-refractivity contribution in [1.82, 2.24) is 20.4 Å². The molecule has 0 spiro atoms. The van der Waals surface area contributed by atoms with Gasteiger partial charge in [0.2, 0.25) is 17.8 Å². The van der Waals surface area contributed by atoms with E-state index >= 15 is 0 Å². The summed E-state index contributed by atoms with van der Waals surface area (Å²) in [6.45, 7) is 6.11. The lowest BCUT2D eigenvalue weighted by molar-refractivity contribution is 0.700. The van der Waals surface area contributed by atoms with Gasteiger partial charge in [0.25, 0.3) is 0 Å². The van der Waals surface area contributed by atoms with Gasteiger partial charge >= 0.3 is 0 Å². The fourth-order valence-electron chi connectivity index (χ4n) is 4.45. The van der Waals surface area contributed by atoms with Crippen molar-refractivity contribution in [3.05, 3.63) is 36.1 Å². The van der Waals surface area contributed by atoms with Crippen LogP contribution in [0.5, 0.6) is 0 Å². The van der Waals surface area contributed by atoms with E-state index in [4.69, 9.17) is 9.98 Å². The predicted octanol–water partition coefficient (Wildman–Crippen LogP) is 2.46. The van der Waals surface area contributed by atoms with Crippen molar-refractivity contribution in [2.75, 3.05) is 41.4 Å². The van der Waals surface area contributed by atoms with E-state index in [0.717, 1.165) is 43.8 Å². The predicted molar refractivity (Wildman–Crippen MR) is 116 cm³/mol. The standard InChI is InChI=1S/C21H28N8/c1-15-17(16-8-2-3-9-18(16)23-15)14-22-27-19-24-20(28-10-4-5-11-28)26-21(25-19)29-12-6-7-13-29/h2-3,8-9,14,16,18,22H,4-7,10-13H2,1H3,(H,24,25,26,27)/t16-,18-/m1/s1. The third-order valence-corrected chi connectivity index (χ3v) is 6.03. The Kier molecular flexibility index (Phi) is 4.91. The molecular formula is C21H28N8. The summed E-state index contributed by atoms with van der Waals surface area (Å²) < 4.78 is 0. The molecule has 2 atom stereocenters. The van der Waals surface area contributed by atoms with Crippen molar-refractivity contribution in [3.8, 4) is 0 Å². The van der Waals surface area contributed by atoms with Gasteiger partial charge in [-0.05, 0) is 38.2 Å². The summed E-state index contributed by atoms with van der Waals surface area (Å²) in [6, 6.07) is 0.216. The topological polar surface area (TPSA) is 81.6 Å². The minimum Gasteiger partial charge on any atom is -0.341 e. The summed E-state index contributed by atoms with van der Waals surface area (Å²) in [4.78, 5) is 23.3. The molecule has 1 aliphatic carbocycles. The number of hydrazine groups is 1. The zero-order valence-corrected chi connectivity index (χ0v) is 16.9. The lowest BCUT2D eigenvalue weighted by Crippen LogP contribution is -2.27. The number of rotatable bonds is 5. The molecule has 0 unspecified atom stereocenters. The molecule has 1 aromatic rings. The van der Waals surface area contributed by atoms with Gasteiger partial charge in [-0.25, -0.2) is 0 Å². The van der Waals surface area contributed by atoms with E-state index in [0.29, 0.717) is 11.9 Å². The third kappa shape index (κ3) is 3.71. The summed E-state index contributed by atoms with van der Waals surface area (Å²) in [5, 5.41) is 0. The fourth-order valence-corrected chi connectivity index (χ4v) is 4.45. The molecule has 2 N–H and O–H groups in total. The minimum atomic E-state index is 0.216. The van der Waals surface area contributed by atoms with Crippen LogP contribution < -0.4 is 20.7 Å². The molecule has 0 amide bonds. The van der Waals surface area contributed by atoms with Crippen LogP contribution in [0.2, 0.25) is 0 Å². The molecule has 0 bridgehead atoms. The Bertz CT molecular complexity index is 840. The van der Waals surface area contributed by atoms with Gasteiger partial charge in [-0.15, -0.1) is 0 Å². The second kappa shape index (κ2) is 7.85. The molecule has 0 aromatic carbocycles. The summed E-state index contributed by atoms with van der Waals surface area (Å²) in [5.41, 5.74) is 8.64. The van der Waals surface area contributed by atoms with Gasteiger partial charge in [-0.2, -0.15) is 15.0 Å². The maximum atomic E-state index is 4.76. The van der Waals surface area contributed by atoms with Crippen LogP contribution in [0.25, 0.3) is 0 Å². The number of nitrogens with one attached hydrogen (secondary N) is 2. The maximum absolute atomic E-state index is 4.76. The molecule has 2 saturated heterocycles. The number of aliphatic imine (C=N–C) groups is 1. The maximum Gasteiger partial charge on any atom is 0.248 e. The van der Waals surface area contributed by atoms with Crippen molar-refractivity contribution in [1.29, 1.82) is 0 Å². The Labute approximate surface area is 171 Å². The van der Waals surface area contributed by atoms with Gasteiger partial charge in [0, 0.05) is 44.0 Å². The highest BCUT2D eigenvalue weighted by Crippen LogP contribution is 2.31. The molecule has 1 aromatic heterocycles. The van der Waals surface area contributed by atoms with E-state index in [1.165, 1.54) is 31.3 Å². The number of hydrogen-bond acceptors (Lipinski definition) is 8. The summed E-state index contributed by atoms with van der Waals surface area (Å²) in [7, 11) is 0. The second-order valence-corrected chi connectivity index (χ2v) is 8.02.